The summed E-state index contributed by atoms with van der Waals surface area (Å²) in [6.45, 7) is 2.49. The van der Waals surface area contributed by atoms with E-state index >= 15 is 0 Å². The van der Waals surface area contributed by atoms with Crippen molar-refractivity contribution >= 4 is 40.9 Å². The Morgan fingerprint density at radius 2 is 1.55 bits per heavy atom. The molecule has 0 unspecified atom stereocenters. The molecule has 0 aromatic heterocycles. The number of carbonyl (C=O) groups is 1. The van der Waals surface area contributed by atoms with Crippen molar-refractivity contribution < 1.29 is 4.79 Å². The predicted octanol–water partition coefficient (Wildman–Crippen LogP) is 5.13. The predicted molar refractivity (Wildman–Crippen MR) is 94.7 cm³/mol. The average molecular weight is 354 g/mol. The van der Waals surface area contributed by atoms with Gasteiger partial charge in [-0.3, -0.25) is 4.79 Å². The highest BCUT2D eigenvalue weighted by molar-refractivity contribution is 8.00. The minimum Gasteiger partial charge on any atom is -0.340 e. The van der Waals surface area contributed by atoms with Gasteiger partial charge in [-0.1, -0.05) is 35.3 Å². The highest BCUT2D eigenvalue weighted by Crippen LogP contribution is 2.26. The summed E-state index contributed by atoms with van der Waals surface area (Å²) >= 11 is 13.3. The Hall–Kier alpha value is -1.16. The number of nitrogens with zero attached hydrogens (tertiary/aromatic N) is 1. The molecule has 0 aliphatic carbocycles. The maximum absolute atomic E-state index is 12.4. The maximum Gasteiger partial charge on any atom is 0.235 e. The van der Waals surface area contributed by atoms with Gasteiger partial charge in [0.25, 0.3) is 0 Å². The smallest absolute Gasteiger partial charge is 0.235 e. The summed E-state index contributed by atoms with van der Waals surface area (Å²) in [4.78, 5) is 15.2. The summed E-state index contributed by atoms with van der Waals surface area (Å²) in [5.74, 6) is 0.0925. The lowest BCUT2D eigenvalue weighted by atomic mass is 10.2. The second kappa shape index (κ2) is 7.91. The van der Waals surface area contributed by atoms with Gasteiger partial charge >= 0.3 is 0 Å². The van der Waals surface area contributed by atoms with Crippen LogP contribution in [-0.4, -0.2) is 23.1 Å². The molecule has 116 valence electrons. The molecular weight excluding hydrogens is 337 g/mol. The van der Waals surface area contributed by atoms with E-state index in [9.17, 15) is 4.79 Å². The van der Waals surface area contributed by atoms with Crippen molar-refractivity contribution in [1.82, 2.24) is 4.90 Å². The number of hydrogen-bond donors (Lipinski definition) is 0. The van der Waals surface area contributed by atoms with Crippen molar-refractivity contribution in [2.45, 2.75) is 23.6 Å². The molecule has 0 N–H and O–H groups in total. The molecule has 22 heavy (non-hydrogen) atoms. The van der Waals surface area contributed by atoms with E-state index in [0.29, 0.717) is 16.6 Å². The first-order chi connectivity index (χ1) is 10.5. The number of rotatable bonds is 5. The van der Waals surface area contributed by atoms with Gasteiger partial charge in [-0.05, 0) is 48.9 Å². The molecule has 0 saturated heterocycles. The number of amides is 1. The fourth-order valence-corrected chi connectivity index (χ4v) is 3.25. The highest BCUT2D eigenvalue weighted by atomic mass is 35.5. The van der Waals surface area contributed by atoms with Crippen molar-refractivity contribution in [2.75, 3.05) is 7.05 Å². The third-order valence-corrected chi connectivity index (χ3v) is 4.79. The summed E-state index contributed by atoms with van der Waals surface area (Å²) in [6.07, 6.45) is 0. The number of halogens is 2. The Kier molecular flexibility index (Phi) is 6.18. The Morgan fingerprint density at radius 3 is 2.09 bits per heavy atom. The Morgan fingerprint density at radius 1 is 1.05 bits per heavy atom. The number of thioether (sulfide) groups is 1. The maximum atomic E-state index is 12.4. The fraction of sp³-hybridized carbons (Fsp3) is 0.235. The van der Waals surface area contributed by atoms with Crippen LogP contribution in [0.15, 0.2) is 53.4 Å². The largest absolute Gasteiger partial charge is 0.340 e. The van der Waals surface area contributed by atoms with Gasteiger partial charge in [0.1, 0.15) is 0 Å². The van der Waals surface area contributed by atoms with E-state index in [4.69, 9.17) is 23.2 Å². The molecule has 0 radical (unpaired) electrons. The van der Waals surface area contributed by atoms with E-state index in [1.165, 1.54) is 11.8 Å². The second-order valence-corrected chi connectivity index (χ2v) is 7.32. The first-order valence-electron chi connectivity index (χ1n) is 6.87. The first-order valence-corrected chi connectivity index (χ1v) is 8.51. The zero-order chi connectivity index (χ0) is 16.1. The van der Waals surface area contributed by atoms with Crippen molar-refractivity contribution in [3.8, 4) is 0 Å². The molecular formula is C17H17Cl2NOS. The van der Waals surface area contributed by atoms with Crippen LogP contribution in [-0.2, 0) is 11.3 Å². The van der Waals surface area contributed by atoms with Gasteiger partial charge in [0.15, 0.2) is 0 Å². The molecule has 2 nitrogen and oxygen atoms in total. The van der Waals surface area contributed by atoms with Crippen LogP contribution >= 0.6 is 35.0 Å². The Labute approximate surface area is 145 Å². The summed E-state index contributed by atoms with van der Waals surface area (Å²) < 4.78 is 0. The molecule has 1 atom stereocenters. The quantitative estimate of drug-likeness (QED) is 0.694. The van der Waals surface area contributed by atoms with Crippen LogP contribution in [0.25, 0.3) is 0 Å². The topological polar surface area (TPSA) is 20.3 Å². The van der Waals surface area contributed by atoms with Crippen LogP contribution < -0.4 is 0 Å². The van der Waals surface area contributed by atoms with E-state index in [0.717, 1.165) is 10.5 Å². The number of hydrogen-bond acceptors (Lipinski definition) is 2. The third-order valence-electron chi connectivity index (χ3n) is 3.18. The average Bonchev–Trinajstić information content (AvgIpc) is 2.51. The normalized spacial score (nSPS) is 12.0. The number of benzene rings is 2. The zero-order valence-corrected chi connectivity index (χ0v) is 14.8. The van der Waals surface area contributed by atoms with Gasteiger partial charge in [-0.25, -0.2) is 0 Å². The lowest BCUT2D eigenvalue weighted by molar-refractivity contribution is -0.129. The fourth-order valence-electron chi connectivity index (χ4n) is 2.02. The molecule has 0 bridgehead atoms. The molecule has 1 amide bonds. The SMILES string of the molecule is C[C@@H](Sc1ccc(Cl)cc1)C(=O)N(C)Cc1ccc(Cl)cc1. The van der Waals surface area contributed by atoms with Crippen molar-refractivity contribution in [1.29, 1.82) is 0 Å². The molecule has 2 rings (SSSR count). The first kappa shape index (κ1) is 17.2. The minimum absolute atomic E-state index is 0.0925. The van der Waals surface area contributed by atoms with Gasteiger partial charge in [0.05, 0.1) is 5.25 Å². The van der Waals surface area contributed by atoms with Crippen molar-refractivity contribution in [3.05, 3.63) is 64.1 Å². The second-order valence-electron chi connectivity index (χ2n) is 5.03. The summed E-state index contributed by atoms with van der Waals surface area (Å²) in [7, 11) is 1.82. The lowest BCUT2D eigenvalue weighted by Gasteiger charge is -2.21. The standard InChI is InChI=1S/C17H17Cl2NOS/c1-12(22-16-9-7-15(19)8-10-16)17(21)20(2)11-13-3-5-14(18)6-4-13/h3-10,12H,11H2,1-2H3/t12-/m1/s1. The third kappa shape index (κ3) is 4.94. The highest BCUT2D eigenvalue weighted by Gasteiger charge is 2.18. The van der Waals surface area contributed by atoms with Gasteiger partial charge in [-0.2, -0.15) is 0 Å². The monoisotopic (exact) mass is 353 g/mol. The van der Waals surface area contributed by atoms with Crippen molar-refractivity contribution in [2.24, 2.45) is 0 Å². The van der Waals surface area contributed by atoms with E-state index in [2.05, 4.69) is 0 Å². The van der Waals surface area contributed by atoms with Gasteiger partial charge in [-0.15, -0.1) is 11.8 Å². The molecule has 0 heterocycles. The molecule has 0 aliphatic heterocycles. The van der Waals surface area contributed by atoms with Gasteiger partial charge < -0.3 is 4.90 Å². The van der Waals surface area contributed by atoms with Crippen LogP contribution in [0.4, 0.5) is 0 Å². The Bertz CT molecular complexity index is 573. The molecule has 0 saturated carbocycles. The molecule has 2 aromatic rings. The number of carbonyl (C=O) groups excluding carboxylic acids is 1. The minimum atomic E-state index is -0.154. The molecule has 0 aliphatic rings. The van der Waals surface area contributed by atoms with Crippen LogP contribution in [0.5, 0.6) is 0 Å². The van der Waals surface area contributed by atoms with Crippen molar-refractivity contribution in [3.63, 3.8) is 0 Å². The van der Waals surface area contributed by atoms with Gasteiger partial charge in [0.2, 0.25) is 5.91 Å². The van der Waals surface area contributed by atoms with Crippen LogP contribution in [0.3, 0.4) is 0 Å². The Balaban J connectivity index is 1.94. The summed E-state index contributed by atoms with van der Waals surface area (Å²) in [5, 5.41) is 1.24. The van der Waals surface area contributed by atoms with Gasteiger partial charge in [0, 0.05) is 28.5 Å². The van der Waals surface area contributed by atoms with Crippen LogP contribution in [0.1, 0.15) is 12.5 Å². The van der Waals surface area contributed by atoms with E-state index in [1.807, 2.05) is 62.5 Å². The molecule has 0 fully saturated rings. The van der Waals surface area contributed by atoms with E-state index in [1.54, 1.807) is 4.90 Å². The molecule has 0 spiro atoms. The molecule has 5 heteroatoms. The summed E-state index contributed by atoms with van der Waals surface area (Å²) in [5.41, 5.74) is 1.06. The molecule has 2 aromatic carbocycles. The lowest BCUT2D eigenvalue weighted by Crippen LogP contribution is -2.32. The van der Waals surface area contributed by atoms with E-state index in [-0.39, 0.29) is 11.2 Å². The zero-order valence-electron chi connectivity index (χ0n) is 12.4. The van der Waals surface area contributed by atoms with Crippen LogP contribution in [0.2, 0.25) is 10.0 Å². The van der Waals surface area contributed by atoms with Crippen LogP contribution in [0, 0.1) is 0 Å². The van der Waals surface area contributed by atoms with E-state index < -0.39 is 0 Å². The summed E-state index contributed by atoms with van der Waals surface area (Å²) in [6, 6.07) is 15.1.